The van der Waals surface area contributed by atoms with E-state index in [9.17, 15) is 8.42 Å². The molecular formula is C14H21ClO4S. The van der Waals surface area contributed by atoms with Gasteiger partial charge in [-0.3, -0.25) is 0 Å². The summed E-state index contributed by atoms with van der Waals surface area (Å²) in [6.07, 6.45) is 1.37. The van der Waals surface area contributed by atoms with Crippen molar-refractivity contribution in [2.45, 2.75) is 26.7 Å². The molecule has 0 spiro atoms. The first-order chi connectivity index (χ1) is 9.34. The van der Waals surface area contributed by atoms with Crippen LogP contribution in [0.1, 0.15) is 26.7 Å². The third kappa shape index (κ3) is 5.21. The van der Waals surface area contributed by atoms with Gasteiger partial charge in [-0.15, -0.1) is 0 Å². The van der Waals surface area contributed by atoms with Crippen molar-refractivity contribution < 1.29 is 17.9 Å². The first kappa shape index (κ1) is 17.1. The fraction of sp³-hybridized carbons (Fsp3) is 0.571. The molecule has 0 atom stereocenters. The average molecular weight is 321 g/mol. The van der Waals surface area contributed by atoms with Crippen LogP contribution < -0.4 is 9.47 Å². The maximum absolute atomic E-state index is 11.4. The van der Waals surface area contributed by atoms with Gasteiger partial charge >= 0.3 is 0 Å². The smallest absolute Gasteiger partial charge is 0.233 e. The Morgan fingerprint density at radius 2 is 1.60 bits per heavy atom. The van der Waals surface area contributed by atoms with E-state index in [0.717, 1.165) is 5.75 Å². The van der Waals surface area contributed by atoms with Gasteiger partial charge in [0.1, 0.15) is 11.5 Å². The molecule has 0 aliphatic rings. The zero-order valence-corrected chi connectivity index (χ0v) is 13.6. The van der Waals surface area contributed by atoms with Crippen molar-refractivity contribution in [2.24, 2.45) is 5.41 Å². The Morgan fingerprint density at radius 3 is 2.00 bits per heavy atom. The van der Waals surface area contributed by atoms with Crippen LogP contribution >= 0.6 is 10.7 Å². The van der Waals surface area contributed by atoms with Gasteiger partial charge in [-0.05, 0) is 37.1 Å². The maximum atomic E-state index is 11.4. The monoisotopic (exact) mass is 320 g/mol. The third-order valence-electron chi connectivity index (χ3n) is 3.58. The molecule has 6 heteroatoms. The van der Waals surface area contributed by atoms with E-state index in [-0.39, 0.29) is 5.75 Å². The highest BCUT2D eigenvalue weighted by Gasteiger charge is 2.32. The standard InChI is InChI=1S/C14H21ClO4S/c1-4-14(5-2,11-20(15,16)17)10-19-13-8-6-12(18-3)7-9-13/h6-9H,4-5,10-11H2,1-3H3. The minimum Gasteiger partial charge on any atom is -0.497 e. The van der Waals surface area contributed by atoms with E-state index in [2.05, 4.69) is 0 Å². The lowest BCUT2D eigenvalue weighted by atomic mass is 9.85. The van der Waals surface area contributed by atoms with E-state index < -0.39 is 14.5 Å². The molecule has 1 aromatic rings. The van der Waals surface area contributed by atoms with E-state index in [1.807, 2.05) is 13.8 Å². The maximum Gasteiger partial charge on any atom is 0.233 e. The molecule has 20 heavy (non-hydrogen) atoms. The average Bonchev–Trinajstić information content (AvgIpc) is 2.43. The molecule has 1 rings (SSSR count). The summed E-state index contributed by atoms with van der Waals surface area (Å²) in [5, 5.41) is 0. The number of methoxy groups -OCH3 is 1. The predicted molar refractivity (Wildman–Crippen MR) is 81.1 cm³/mol. The fourth-order valence-corrected chi connectivity index (χ4v) is 3.89. The second-order valence-electron chi connectivity index (χ2n) is 4.85. The molecule has 0 aliphatic carbocycles. The SMILES string of the molecule is CCC(CC)(COc1ccc(OC)cc1)CS(=O)(=O)Cl. The van der Waals surface area contributed by atoms with Crippen molar-refractivity contribution in [3.63, 3.8) is 0 Å². The molecule has 0 aliphatic heterocycles. The number of benzene rings is 1. The first-order valence-corrected chi connectivity index (χ1v) is 9.01. The van der Waals surface area contributed by atoms with Crippen LogP contribution in [0.2, 0.25) is 0 Å². The number of rotatable bonds is 8. The van der Waals surface area contributed by atoms with Crippen LogP contribution in [0.25, 0.3) is 0 Å². The van der Waals surface area contributed by atoms with Gasteiger partial charge in [0.15, 0.2) is 0 Å². The molecule has 1 aromatic carbocycles. The third-order valence-corrected chi connectivity index (χ3v) is 4.87. The van der Waals surface area contributed by atoms with Gasteiger partial charge in [-0.2, -0.15) is 0 Å². The van der Waals surface area contributed by atoms with Gasteiger partial charge in [-0.25, -0.2) is 8.42 Å². The molecule has 0 saturated carbocycles. The molecule has 0 N–H and O–H groups in total. The van der Waals surface area contributed by atoms with Gasteiger partial charge in [0.25, 0.3) is 0 Å². The largest absolute Gasteiger partial charge is 0.497 e. The molecule has 0 fully saturated rings. The van der Waals surface area contributed by atoms with Crippen LogP contribution in [-0.2, 0) is 9.05 Å². The van der Waals surface area contributed by atoms with Crippen molar-refractivity contribution in [3.8, 4) is 11.5 Å². The zero-order chi connectivity index (χ0) is 15.2. The van der Waals surface area contributed by atoms with E-state index in [1.54, 1.807) is 31.4 Å². The summed E-state index contributed by atoms with van der Waals surface area (Å²) in [7, 11) is 3.45. The molecule has 4 nitrogen and oxygen atoms in total. The Morgan fingerprint density at radius 1 is 1.10 bits per heavy atom. The lowest BCUT2D eigenvalue weighted by Crippen LogP contribution is -2.33. The minimum absolute atomic E-state index is 0.0787. The lowest BCUT2D eigenvalue weighted by Gasteiger charge is -2.30. The van der Waals surface area contributed by atoms with Crippen LogP contribution in [0.4, 0.5) is 0 Å². The van der Waals surface area contributed by atoms with Gasteiger partial charge in [0, 0.05) is 16.1 Å². The van der Waals surface area contributed by atoms with E-state index >= 15 is 0 Å². The molecule has 0 radical (unpaired) electrons. The van der Waals surface area contributed by atoms with E-state index in [4.69, 9.17) is 20.2 Å². The molecule has 0 saturated heterocycles. The Balaban J connectivity index is 2.75. The minimum atomic E-state index is -3.55. The van der Waals surface area contributed by atoms with Crippen molar-refractivity contribution in [2.75, 3.05) is 19.5 Å². The quantitative estimate of drug-likeness (QED) is 0.688. The van der Waals surface area contributed by atoms with Crippen molar-refractivity contribution in [1.29, 1.82) is 0 Å². The Kier molecular flexibility index (Phi) is 6.14. The Labute approximate surface area is 125 Å². The molecular weight excluding hydrogens is 300 g/mol. The van der Waals surface area contributed by atoms with Crippen LogP contribution in [0.3, 0.4) is 0 Å². The van der Waals surface area contributed by atoms with Crippen molar-refractivity contribution in [1.82, 2.24) is 0 Å². The molecule has 0 amide bonds. The van der Waals surface area contributed by atoms with Gasteiger partial charge in [0.2, 0.25) is 9.05 Å². The van der Waals surface area contributed by atoms with Crippen LogP contribution in [0.5, 0.6) is 11.5 Å². The van der Waals surface area contributed by atoms with Crippen molar-refractivity contribution in [3.05, 3.63) is 24.3 Å². The summed E-state index contributed by atoms with van der Waals surface area (Å²) in [5.41, 5.74) is -0.458. The molecule has 0 aromatic heterocycles. The second-order valence-corrected chi connectivity index (χ2v) is 7.63. The number of halogens is 1. The van der Waals surface area contributed by atoms with Gasteiger partial charge in [-0.1, -0.05) is 13.8 Å². The Hall–Kier alpha value is -0.940. The highest BCUT2D eigenvalue weighted by Crippen LogP contribution is 2.31. The predicted octanol–water partition coefficient (Wildman–Crippen LogP) is 3.45. The second kappa shape index (κ2) is 7.18. The summed E-state index contributed by atoms with van der Waals surface area (Å²) < 4.78 is 33.5. The topological polar surface area (TPSA) is 52.6 Å². The summed E-state index contributed by atoms with van der Waals surface area (Å²) in [6, 6.07) is 7.19. The molecule has 0 bridgehead atoms. The number of ether oxygens (including phenoxy) is 2. The van der Waals surface area contributed by atoms with E-state index in [1.165, 1.54) is 0 Å². The van der Waals surface area contributed by atoms with Crippen LogP contribution in [0.15, 0.2) is 24.3 Å². The number of hydrogen-bond acceptors (Lipinski definition) is 4. The molecule has 0 heterocycles. The van der Waals surface area contributed by atoms with Crippen LogP contribution in [-0.4, -0.2) is 27.9 Å². The first-order valence-electron chi connectivity index (χ1n) is 6.53. The fourth-order valence-electron chi connectivity index (χ4n) is 1.97. The van der Waals surface area contributed by atoms with Crippen molar-refractivity contribution >= 4 is 19.7 Å². The Bertz CT molecular complexity index is 506. The summed E-state index contributed by atoms with van der Waals surface area (Å²) in [5.74, 6) is 1.35. The number of hydrogen-bond donors (Lipinski definition) is 0. The molecule has 114 valence electrons. The summed E-state index contributed by atoms with van der Waals surface area (Å²) in [6.45, 7) is 4.21. The highest BCUT2D eigenvalue weighted by atomic mass is 35.7. The van der Waals surface area contributed by atoms with Gasteiger partial charge < -0.3 is 9.47 Å². The summed E-state index contributed by atoms with van der Waals surface area (Å²) in [4.78, 5) is 0. The zero-order valence-electron chi connectivity index (χ0n) is 12.1. The van der Waals surface area contributed by atoms with E-state index in [0.29, 0.717) is 25.2 Å². The molecule has 0 unspecified atom stereocenters. The normalized spacial score (nSPS) is 12.2. The van der Waals surface area contributed by atoms with Gasteiger partial charge in [0.05, 0.1) is 19.5 Å². The van der Waals surface area contributed by atoms with Crippen LogP contribution in [0, 0.1) is 5.41 Å². The summed E-state index contributed by atoms with van der Waals surface area (Å²) >= 11 is 0. The highest BCUT2D eigenvalue weighted by molar-refractivity contribution is 8.13. The lowest BCUT2D eigenvalue weighted by molar-refractivity contribution is 0.155.